The van der Waals surface area contributed by atoms with Crippen LogP contribution in [0, 0.1) is 0 Å². The number of carboxylic acids is 1. The van der Waals surface area contributed by atoms with Crippen LogP contribution in [-0.4, -0.2) is 35.0 Å². The Balaban J connectivity index is 2.16. The number of aliphatic carboxylic acids is 1. The lowest BCUT2D eigenvalue weighted by atomic mass is 10.00. The first-order valence-electron chi connectivity index (χ1n) is 8.63. The fourth-order valence-corrected chi connectivity index (χ4v) is 2.61. The molecule has 0 saturated carbocycles. The number of guanidine groups is 1. The van der Waals surface area contributed by atoms with Crippen LogP contribution < -0.4 is 27.7 Å². The Morgan fingerprint density at radius 1 is 1.07 bits per heavy atom. The van der Waals surface area contributed by atoms with E-state index in [1.165, 1.54) is 6.92 Å². The van der Waals surface area contributed by atoms with E-state index in [-0.39, 0.29) is 12.4 Å². The highest BCUT2D eigenvalue weighted by Crippen LogP contribution is 2.19. The molecule has 0 aromatic heterocycles. The summed E-state index contributed by atoms with van der Waals surface area (Å²) in [5.41, 5.74) is 5.14. The summed E-state index contributed by atoms with van der Waals surface area (Å²) < 4.78 is 0. The van der Waals surface area contributed by atoms with Crippen LogP contribution in [0.25, 0.3) is 11.1 Å². The van der Waals surface area contributed by atoms with Gasteiger partial charge in [0.1, 0.15) is 6.04 Å². The number of carbonyl (C=O) groups is 2. The lowest BCUT2D eigenvalue weighted by Crippen LogP contribution is -2.55. The van der Waals surface area contributed by atoms with E-state index in [1.54, 1.807) is 0 Å². The molecule has 0 fully saturated rings. The first-order valence-corrected chi connectivity index (χ1v) is 8.63. The van der Waals surface area contributed by atoms with Crippen molar-refractivity contribution in [1.29, 1.82) is 0 Å². The van der Waals surface area contributed by atoms with E-state index in [4.69, 9.17) is 16.8 Å². The smallest absolute Gasteiger partial charge is 0.320 e. The molecule has 2 aromatic rings. The van der Waals surface area contributed by atoms with Gasteiger partial charge in [0.2, 0.25) is 11.9 Å². The molecule has 0 bridgehead atoms. The Labute approximate surface area is 162 Å². The molecule has 0 aliphatic heterocycles. The summed E-state index contributed by atoms with van der Waals surface area (Å²) in [6, 6.07) is 15.8. The molecule has 9 heteroatoms. The minimum atomic E-state index is -1.07. The van der Waals surface area contributed by atoms with Gasteiger partial charge in [-0.1, -0.05) is 54.6 Å². The molecule has 1 unspecified atom stereocenters. The maximum atomic E-state index is 12.5. The van der Waals surface area contributed by atoms with Crippen LogP contribution in [0.15, 0.2) is 59.7 Å². The van der Waals surface area contributed by atoms with Gasteiger partial charge in [0.05, 0.1) is 6.04 Å². The number of rotatable bonds is 7. The van der Waals surface area contributed by atoms with Crippen LogP contribution in [0.2, 0.25) is 0 Å². The first kappa shape index (κ1) is 20.9. The number of hydrogen-bond donors (Lipinski definition) is 6. The molecular weight excluding hydrogens is 360 g/mol. The fourth-order valence-electron chi connectivity index (χ4n) is 2.61. The zero-order valence-electron chi connectivity index (χ0n) is 15.4. The predicted octanol–water partition coefficient (Wildman–Crippen LogP) is 0.137. The third-order valence-corrected chi connectivity index (χ3v) is 4.15. The van der Waals surface area contributed by atoms with Crippen molar-refractivity contribution in [2.75, 3.05) is 0 Å². The minimum Gasteiger partial charge on any atom is -0.480 e. The number of carboxylic acid groups (broad SMARTS) is 1. The summed E-state index contributed by atoms with van der Waals surface area (Å²) in [6.07, 6.45) is 0.265. The third-order valence-electron chi connectivity index (χ3n) is 4.15. The van der Waals surface area contributed by atoms with Gasteiger partial charge in [0.25, 0.3) is 0 Å². The van der Waals surface area contributed by atoms with Crippen LogP contribution in [0.4, 0.5) is 0 Å². The molecule has 0 aliphatic rings. The Hall–Kier alpha value is -3.43. The summed E-state index contributed by atoms with van der Waals surface area (Å²) in [5.74, 6) is 8.63. The normalized spacial score (nSPS) is 13.4. The number of carbonyl (C=O) groups excluding carboxylic acids is 1. The van der Waals surface area contributed by atoms with E-state index < -0.39 is 24.0 Å². The molecular formula is C19H24N6O3. The van der Waals surface area contributed by atoms with Gasteiger partial charge in [-0.15, -0.1) is 5.10 Å². The molecule has 2 aromatic carbocycles. The first-order chi connectivity index (χ1) is 13.4. The molecule has 0 aliphatic carbocycles. The standard InChI is InChI=1S/C19H24N6O3/c1-12(18(27)28)22-16(17(26)23-19(24-20)25-21)11-13-7-9-15(10-8-13)14-5-3-2-4-6-14/h2-10,12,16,22H,11,20-21H2,1H3,(H,27,28)(H2,23,24,25,26)/t12-,16?/m0/s1. The van der Waals surface area contributed by atoms with Crippen molar-refractivity contribution in [3.63, 3.8) is 0 Å². The lowest BCUT2D eigenvalue weighted by Gasteiger charge is -2.21. The number of amides is 1. The number of hydrogen-bond acceptors (Lipinski definition) is 6. The molecule has 0 radical (unpaired) electrons. The summed E-state index contributed by atoms with van der Waals surface area (Å²) in [5, 5.41) is 17.6. The molecule has 0 heterocycles. The quantitative estimate of drug-likeness (QED) is 0.172. The SMILES string of the molecule is C[C@H](NC(Cc1ccc(-c2ccccc2)cc1)C(=O)N/C(=N/N)NN)C(=O)O. The van der Waals surface area contributed by atoms with Crippen LogP contribution >= 0.6 is 0 Å². The second-order valence-corrected chi connectivity index (χ2v) is 6.16. The van der Waals surface area contributed by atoms with Crippen LogP contribution in [0.5, 0.6) is 0 Å². The second kappa shape index (κ2) is 10.0. The second-order valence-electron chi connectivity index (χ2n) is 6.16. The zero-order valence-corrected chi connectivity index (χ0v) is 15.4. The molecule has 8 N–H and O–H groups in total. The molecule has 28 heavy (non-hydrogen) atoms. The maximum absolute atomic E-state index is 12.5. The van der Waals surface area contributed by atoms with Gasteiger partial charge < -0.3 is 10.9 Å². The number of benzene rings is 2. The summed E-state index contributed by atoms with van der Waals surface area (Å²) in [7, 11) is 0. The van der Waals surface area contributed by atoms with Crippen molar-refractivity contribution in [2.45, 2.75) is 25.4 Å². The van der Waals surface area contributed by atoms with Gasteiger partial charge in [0, 0.05) is 0 Å². The monoisotopic (exact) mass is 384 g/mol. The highest BCUT2D eigenvalue weighted by Gasteiger charge is 2.24. The number of hydrazone groups is 1. The molecule has 148 valence electrons. The summed E-state index contributed by atoms with van der Waals surface area (Å²) >= 11 is 0. The fraction of sp³-hybridized carbons (Fsp3) is 0.211. The van der Waals surface area contributed by atoms with Crippen molar-refractivity contribution in [2.24, 2.45) is 16.8 Å². The average molecular weight is 384 g/mol. The molecule has 1 amide bonds. The van der Waals surface area contributed by atoms with Crippen molar-refractivity contribution in [3.8, 4) is 11.1 Å². The molecule has 9 nitrogen and oxygen atoms in total. The number of nitrogens with one attached hydrogen (secondary N) is 3. The van der Waals surface area contributed by atoms with Crippen molar-refractivity contribution >= 4 is 17.8 Å². The highest BCUT2D eigenvalue weighted by atomic mass is 16.4. The van der Waals surface area contributed by atoms with Crippen molar-refractivity contribution in [3.05, 3.63) is 60.2 Å². The lowest BCUT2D eigenvalue weighted by molar-refractivity contribution is -0.139. The largest absolute Gasteiger partial charge is 0.480 e. The minimum absolute atomic E-state index is 0.126. The Morgan fingerprint density at radius 2 is 1.68 bits per heavy atom. The van der Waals surface area contributed by atoms with E-state index in [0.29, 0.717) is 0 Å². The Morgan fingerprint density at radius 3 is 2.21 bits per heavy atom. The van der Waals surface area contributed by atoms with Gasteiger partial charge >= 0.3 is 5.97 Å². The van der Waals surface area contributed by atoms with Crippen LogP contribution in [-0.2, 0) is 16.0 Å². The van der Waals surface area contributed by atoms with Crippen molar-refractivity contribution < 1.29 is 14.7 Å². The molecule has 0 spiro atoms. The summed E-state index contributed by atoms with van der Waals surface area (Å²) in [4.78, 5) is 23.7. The van der Waals surface area contributed by atoms with Gasteiger partial charge in [-0.25, -0.2) is 5.84 Å². The Bertz CT molecular complexity index is 823. The molecule has 2 rings (SSSR count). The topological polar surface area (TPSA) is 155 Å². The van der Waals surface area contributed by atoms with E-state index in [0.717, 1.165) is 16.7 Å². The highest BCUT2D eigenvalue weighted by molar-refractivity contribution is 5.99. The summed E-state index contributed by atoms with van der Waals surface area (Å²) in [6.45, 7) is 1.46. The number of nitrogens with two attached hydrogens (primary N) is 2. The third kappa shape index (κ3) is 5.79. The van der Waals surface area contributed by atoms with Gasteiger partial charge in [-0.2, -0.15) is 0 Å². The van der Waals surface area contributed by atoms with Gasteiger partial charge in [-0.3, -0.25) is 25.6 Å². The van der Waals surface area contributed by atoms with Gasteiger partial charge in [-0.05, 0) is 30.0 Å². The molecule has 2 atom stereocenters. The number of hydrazine groups is 1. The Kier molecular flexibility index (Phi) is 7.49. The average Bonchev–Trinajstić information content (AvgIpc) is 2.72. The predicted molar refractivity (Wildman–Crippen MR) is 107 cm³/mol. The van der Waals surface area contributed by atoms with Gasteiger partial charge in [0.15, 0.2) is 0 Å². The number of nitrogens with zero attached hydrogens (tertiary/aromatic N) is 1. The van der Waals surface area contributed by atoms with Crippen molar-refractivity contribution in [1.82, 2.24) is 16.1 Å². The van der Waals surface area contributed by atoms with E-state index in [9.17, 15) is 9.59 Å². The van der Waals surface area contributed by atoms with E-state index in [1.807, 2.05) is 54.6 Å². The zero-order chi connectivity index (χ0) is 20.5. The van der Waals surface area contributed by atoms with Crippen LogP contribution in [0.3, 0.4) is 0 Å². The van der Waals surface area contributed by atoms with Crippen LogP contribution in [0.1, 0.15) is 12.5 Å². The van der Waals surface area contributed by atoms with E-state index in [2.05, 4.69) is 21.2 Å². The maximum Gasteiger partial charge on any atom is 0.320 e. The van der Waals surface area contributed by atoms with E-state index >= 15 is 0 Å². The molecule has 0 saturated heterocycles.